The van der Waals surface area contributed by atoms with Crippen molar-refractivity contribution in [1.29, 1.82) is 0 Å². The van der Waals surface area contributed by atoms with Crippen molar-refractivity contribution >= 4 is 5.91 Å². The van der Waals surface area contributed by atoms with E-state index in [4.69, 9.17) is 0 Å². The lowest BCUT2D eigenvalue weighted by molar-refractivity contribution is -0.120. The number of carbonyl (C=O) groups is 1. The van der Waals surface area contributed by atoms with Gasteiger partial charge in [-0.25, -0.2) is 0 Å². The van der Waals surface area contributed by atoms with Crippen LogP contribution in [0.3, 0.4) is 0 Å². The summed E-state index contributed by atoms with van der Waals surface area (Å²) < 4.78 is 0. The molecule has 1 rings (SSSR count). The zero-order valence-electron chi connectivity index (χ0n) is 8.44. The molecular weight excluding hydrogens is 164 g/mol. The van der Waals surface area contributed by atoms with Gasteiger partial charge in [-0.05, 0) is 25.8 Å². The van der Waals surface area contributed by atoms with Gasteiger partial charge in [-0.3, -0.25) is 4.79 Å². The van der Waals surface area contributed by atoms with E-state index in [9.17, 15) is 4.79 Å². The molecule has 76 valence electrons. The highest BCUT2D eigenvalue weighted by Crippen LogP contribution is 2.18. The summed E-state index contributed by atoms with van der Waals surface area (Å²) in [5.74, 6) is 0.152. The van der Waals surface area contributed by atoms with Gasteiger partial charge in [-0.1, -0.05) is 19.8 Å². The minimum Gasteiger partial charge on any atom is -0.352 e. The number of hydrogen-bond donors (Lipinski definition) is 2. The van der Waals surface area contributed by atoms with Crippen molar-refractivity contribution in [3.8, 4) is 0 Å². The van der Waals surface area contributed by atoms with E-state index >= 15 is 0 Å². The number of carbonyl (C=O) groups excluding carboxylic acids is 1. The first-order valence-electron chi connectivity index (χ1n) is 5.33. The molecule has 0 atom stereocenters. The molecule has 1 aliphatic carbocycles. The Balaban J connectivity index is 1.83. The van der Waals surface area contributed by atoms with Crippen LogP contribution in [0.1, 0.15) is 39.0 Å². The molecule has 0 aliphatic heterocycles. The van der Waals surface area contributed by atoms with Crippen molar-refractivity contribution in [3.05, 3.63) is 0 Å². The number of amides is 1. The third-order valence-electron chi connectivity index (χ3n) is 2.19. The Bertz CT molecular complexity index is 155. The molecule has 0 heterocycles. The second-order valence-electron chi connectivity index (χ2n) is 3.73. The summed E-state index contributed by atoms with van der Waals surface area (Å²) in [6, 6.07) is 0.491. The van der Waals surface area contributed by atoms with Crippen molar-refractivity contribution in [1.82, 2.24) is 10.6 Å². The Morgan fingerprint density at radius 1 is 1.38 bits per heavy atom. The summed E-state index contributed by atoms with van der Waals surface area (Å²) in [5, 5.41) is 6.08. The monoisotopic (exact) mass is 184 g/mol. The van der Waals surface area contributed by atoms with Crippen molar-refractivity contribution < 1.29 is 4.79 Å². The third-order valence-corrected chi connectivity index (χ3v) is 2.19. The number of unbranched alkanes of at least 4 members (excludes halogenated alkanes) is 2. The van der Waals surface area contributed by atoms with Crippen molar-refractivity contribution in [2.45, 2.75) is 45.1 Å². The Hall–Kier alpha value is -0.570. The molecule has 1 saturated carbocycles. The van der Waals surface area contributed by atoms with Gasteiger partial charge >= 0.3 is 0 Å². The maximum Gasteiger partial charge on any atom is 0.234 e. The van der Waals surface area contributed by atoms with E-state index in [1.165, 1.54) is 32.1 Å². The molecular formula is C10H20N2O. The molecule has 0 spiro atoms. The van der Waals surface area contributed by atoms with Gasteiger partial charge in [0.05, 0.1) is 6.54 Å². The van der Waals surface area contributed by atoms with Crippen LogP contribution in [-0.2, 0) is 4.79 Å². The van der Waals surface area contributed by atoms with Crippen molar-refractivity contribution in [3.63, 3.8) is 0 Å². The molecule has 0 bridgehead atoms. The zero-order chi connectivity index (χ0) is 9.52. The molecule has 13 heavy (non-hydrogen) atoms. The molecule has 3 heteroatoms. The van der Waals surface area contributed by atoms with Gasteiger partial charge in [0.2, 0.25) is 5.91 Å². The van der Waals surface area contributed by atoms with E-state index < -0.39 is 0 Å². The molecule has 3 nitrogen and oxygen atoms in total. The van der Waals surface area contributed by atoms with Crippen LogP contribution in [-0.4, -0.2) is 25.0 Å². The fourth-order valence-corrected chi connectivity index (χ4v) is 1.21. The smallest absolute Gasteiger partial charge is 0.234 e. The predicted octanol–water partition coefficient (Wildman–Crippen LogP) is 1.04. The van der Waals surface area contributed by atoms with Crippen LogP contribution in [0.4, 0.5) is 0 Å². The molecule has 0 saturated heterocycles. The fraction of sp³-hybridized carbons (Fsp3) is 0.900. The van der Waals surface area contributed by atoms with E-state index in [1.807, 2.05) is 0 Å². The molecule has 0 aromatic heterocycles. The highest BCUT2D eigenvalue weighted by molar-refractivity contribution is 5.78. The minimum atomic E-state index is 0.152. The van der Waals surface area contributed by atoms with Crippen molar-refractivity contribution in [2.24, 2.45) is 0 Å². The minimum absolute atomic E-state index is 0.152. The average molecular weight is 184 g/mol. The van der Waals surface area contributed by atoms with Crippen LogP contribution >= 0.6 is 0 Å². The fourth-order valence-electron chi connectivity index (χ4n) is 1.21. The molecule has 1 aliphatic rings. The Labute approximate surface area is 80.3 Å². The third kappa shape index (κ3) is 5.64. The maximum atomic E-state index is 11.2. The van der Waals surface area contributed by atoms with E-state index in [2.05, 4.69) is 17.6 Å². The van der Waals surface area contributed by atoms with E-state index in [1.54, 1.807) is 0 Å². The second kappa shape index (κ2) is 5.97. The first-order valence-corrected chi connectivity index (χ1v) is 5.33. The molecule has 0 aromatic carbocycles. The molecule has 0 unspecified atom stereocenters. The van der Waals surface area contributed by atoms with Crippen LogP contribution in [0.25, 0.3) is 0 Å². The van der Waals surface area contributed by atoms with Gasteiger partial charge < -0.3 is 10.6 Å². The summed E-state index contributed by atoms with van der Waals surface area (Å²) in [6.45, 7) is 3.63. The van der Waals surface area contributed by atoms with Gasteiger partial charge in [-0.2, -0.15) is 0 Å². The van der Waals surface area contributed by atoms with E-state index in [0.29, 0.717) is 12.6 Å². The maximum absolute atomic E-state index is 11.2. The van der Waals surface area contributed by atoms with Gasteiger partial charge in [0.15, 0.2) is 0 Å². The first kappa shape index (κ1) is 10.5. The lowest BCUT2D eigenvalue weighted by Gasteiger charge is -2.04. The van der Waals surface area contributed by atoms with Crippen LogP contribution in [0.5, 0.6) is 0 Å². The molecule has 2 N–H and O–H groups in total. The summed E-state index contributed by atoms with van der Waals surface area (Å²) in [5.41, 5.74) is 0. The molecule has 1 amide bonds. The van der Waals surface area contributed by atoms with Crippen LogP contribution < -0.4 is 10.6 Å². The van der Waals surface area contributed by atoms with Gasteiger partial charge in [0.25, 0.3) is 0 Å². The standard InChI is InChI=1S/C10H20N2O/c1-2-3-4-7-11-8-10(13)12-9-5-6-9/h9,11H,2-8H2,1H3,(H,12,13). The van der Waals surface area contributed by atoms with E-state index in [-0.39, 0.29) is 5.91 Å². The SMILES string of the molecule is CCCCCNCC(=O)NC1CC1. The van der Waals surface area contributed by atoms with Gasteiger partial charge in [0, 0.05) is 6.04 Å². The van der Waals surface area contributed by atoms with Crippen LogP contribution in [0.15, 0.2) is 0 Å². The summed E-state index contributed by atoms with van der Waals surface area (Å²) in [4.78, 5) is 11.2. The van der Waals surface area contributed by atoms with Crippen molar-refractivity contribution in [2.75, 3.05) is 13.1 Å². The Morgan fingerprint density at radius 3 is 2.77 bits per heavy atom. The lowest BCUT2D eigenvalue weighted by atomic mass is 10.2. The second-order valence-corrected chi connectivity index (χ2v) is 3.73. The first-order chi connectivity index (χ1) is 6.33. The molecule has 0 radical (unpaired) electrons. The predicted molar refractivity (Wildman–Crippen MR) is 53.6 cm³/mol. The molecule has 1 fully saturated rings. The normalized spacial score (nSPS) is 15.8. The summed E-state index contributed by atoms with van der Waals surface area (Å²) in [6.07, 6.45) is 5.99. The number of nitrogens with one attached hydrogen (secondary N) is 2. The Morgan fingerprint density at radius 2 is 2.15 bits per heavy atom. The average Bonchev–Trinajstić information content (AvgIpc) is 2.88. The quantitative estimate of drug-likeness (QED) is 0.581. The summed E-state index contributed by atoms with van der Waals surface area (Å²) >= 11 is 0. The van der Waals surface area contributed by atoms with Gasteiger partial charge in [-0.15, -0.1) is 0 Å². The van der Waals surface area contributed by atoms with E-state index in [0.717, 1.165) is 6.54 Å². The lowest BCUT2D eigenvalue weighted by Crippen LogP contribution is -2.35. The Kier molecular flexibility index (Phi) is 4.83. The molecule has 0 aromatic rings. The van der Waals surface area contributed by atoms with Gasteiger partial charge in [0.1, 0.15) is 0 Å². The zero-order valence-corrected chi connectivity index (χ0v) is 8.44. The highest BCUT2D eigenvalue weighted by Gasteiger charge is 2.22. The number of hydrogen-bond acceptors (Lipinski definition) is 2. The number of rotatable bonds is 7. The van der Waals surface area contributed by atoms with Crippen LogP contribution in [0, 0.1) is 0 Å². The summed E-state index contributed by atoms with van der Waals surface area (Å²) in [7, 11) is 0. The topological polar surface area (TPSA) is 41.1 Å². The largest absolute Gasteiger partial charge is 0.352 e. The van der Waals surface area contributed by atoms with Crippen LogP contribution in [0.2, 0.25) is 0 Å². The highest BCUT2D eigenvalue weighted by atomic mass is 16.2.